The van der Waals surface area contributed by atoms with Crippen LogP contribution in [-0.2, 0) is 0 Å². The summed E-state index contributed by atoms with van der Waals surface area (Å²) in [6.07, 6.45) is 0. The van der Waals surface area contributed by atoms with Crippen molar-refractivity contribution in [2.45, 2.75) is 19.6 Å². The quantitative estimate of drug-likeness (QED) is 0.665. The maximum absolute atomic E-state index is 13.2. The predicted octanol–water partition coefficient (Wildman–Crippen LogP) is 3.38. The molecule has 0 atom stereocenters. The average Bonchev–Trinajstić information content (AvgIpc) is 1.97. The molecule has 0 fully saturated rings. The molecular weight excluding hydrogens is 265 g/mol. The highest BCUT2D eigenvalue weighted by Gasteiger charge is 2.18. The van der Waals surface area contributed by atoms with Crippen LogP contribution in [-0.4, -0.2) is 8.32 Å². The summed E-state index contributed by atoms with van der Waals surface area (Å²) in [7, 11) is -1.73. The van der Waals surface area contributed by atoms with Crippen molar-refractivity contribution in [3.8, 4) is 5.75 Å². The first-order chi connectivity index (χ1) is 6.29. The monoisotopic (exact) mass is 277 g/mol. The number of hydrogen-bond acceptors (Lipinski definition) is 2. The van der Waals surface area contributed by atoms with E-state index in [-0.39, 0.29) is 5.82 Å². The van der Waals surface area contributed by atoms with E-state index in [1.807, 2.05) is 19.6 Å². The van der Waals surface area contributed by atoms with Crippen molar-refractivity contribution >= 4 is 29.9 Å². The van der Waals surface area contributed by atoms with E-state index in [1.165, 1.54) is 12.1 Å². The lowest BCUT2D eigenvalue weighted by molar-refractivity contribution is 0.546. The van der Waals surface area contributed by atoms with Crippen molar-refractivity contribution < 1.29 is 8.82 Å². The largest absolute Gasteiger partial charge is 0.543 e. The highest BCUT2D eigenvalue weighted by molar-refractivity contribution is 9.10. The molecule has 0 aliphatic rings. The minimum atomic E-state index is -1.73. The Morgan fingerprint density at radius 1 is 1.36 bits per heavy atom. The van der Waals surface area contributed by atoms with Crippen LogP contribution in [0.25, 0.3) is 0 Å². The third-order valence-electron chi connectivity index (χ3n) is 1.47. The van der Waals surface area contributed by atoms with Gasteiger partial charge in [-0.3, -0.25) is 0 Å². The van der Waals surface area contributed by atoms with Crippen LogP contribution in [0.2, 0.25) is 19.6 Å². The maximum atomic E-state index is 13.2. The molecule has 0 amide bonds. The highest BCUT2D eigenvalue weighted by Crippen LogP contribution is 2.30. The van der Waals surface area contributed by atoms with Crippen LogP contribution in [0, 0.1) is 5.82 Å². The molecule has 5 heteroatoms. The smallest absolute Gasteiger partial charge is 0.242 e. The summed E-state index contributed by atoms with van der Waals surface area (Å²) >= 11 is 3.06. The number of anilines is 1. The van der Waals surface area contributed by atoms with Crippen LogP contribution in [0.3, 0.4) is 0 Å². The molecule has 0 saturated heterocycles. The molecule has 1 aromatic rings. The number of halogens is 2. The molecule has 14 heavy (non-hydrogen) atoms. The molecule has 0 heterocycles. The van der Waals surface area contributed by atoms with Crippen LogP contribution >= 0.6 is 15.9 Å². The Morgan fingerprint density at radius 2 is 1.93 bits per heavy atom. The Hall–Kier alpha value is -0.553. The molecule has 0 unspecified atom stereocenters. The van der Waals surface area contributed by atoms with Gasteiger partial charge in [0.05, 0.1) is 10.2 Å². The van der Waals surface area contributed by atoms with Gasteiger partial charge >= 0.3 is 0 Å². The lowest BCUT2D eigenvalue weighted by atomic mass is 10.3. The van der Waals surface area contributed by atoms with Crippen molar-refractivity contribution in [3.63, 3.8) is 0 Å². The van der Waals surface area contributed by atoms with Gasteiger partial charge in [-0.1, -0.05) is 0 Å². The normalized spacial score (nSPS) is 11.5. The average molecular weight is 278 g/mol. The Morgan fingerprint density at radius 3 is 2.43 bits per heavy atom. The Labute approximate surface area is 92.5 Å². The van der Waals surface area contributed by atoms with Crippen molar-refractivity contribution in [2.24, 2.45) is 0 Å². The summed E-state index contributed by atoms with van der Waals surface area (Å²) in [4.78, 5) is 0. The van der Waals surface area contributed by atoms with Gasteiger partial charge in [0.2, 0.25) is 8.32 Å². The molecule has 2 N–H and O–H groups in total. The fraction of sp³-hybridized carbons (Fsp3) is 0.333. The lowest BCUT2D eigenvalue weighted by Crippen LogP contribution is -2.29. The second-order valence-electron chi connectivity index (χ2n) is 4.02. The van der Waals surface area contributed by atoms with Crippen molar-refractivity contribution in [1.29, 1.82) is 0 Å². The van der Waals surface area contributed by atoms with Crippen LogP contribution in [0.4, 0.5) is 10.1 Å². The predicted molar refractivity (Wildman–Crippen MR) is 62.5 cm³/mol. The van der Waals surface area contributed by atoms with E-state index in [9.17, 15) is 4.39 Å². The molecule has 2 nitrogen and oxygen atoms in total. The zero-order chi connectivity index (χ0) is 10.9. The summed E-state index contributed by atoms with van der Waals surface area (Å²) in [6, 6.07) is 2.84. The molecule has 78 valence electrons. The summed E-state index contributed by atoms with van der Waals surface area (Å²) in [5.74, 6) is 0.0808. The van der Waals surface area contributed by atoms with Gasteiger partial charge in [-0.05, 0) is 41.6 Å². The van der Waals surface area contributed by atoms with E-state index >= 15 is 0 Å². The van der Waals surface area contributed by atoms with E-state index in [4.69, 9.17) is 10.2 Å². The zero-order valence-electron chi connectivity index (χ0n) is 8.40. The third kappa shape index (κ3) is 2.99. The van der Waals surface area contributed by atoms with Crippen LogP contribution in [0.1, 0.15) is 0 Å². The summed E-state index contributed by atoms with van der Waals surface area (Å²) in [5.41, 5.74) is 6.16. The first-order valence-corrected chi connectivity index (χ1v) is 8.43. The molecule has 0 aliphatic heterocycles. The number of nitrogens with two attached hydrogens (primary N) is 1. The highest BCUT2D eigenvalue weighted by atomic mass is 79.9. The Kier molecular flexibility index (Phi) is 3.21. The first-order valence-electron chi connectivity index (χ1n) is 4.23. The topological polar surface area (TPSA) is 35.2 Å². The van der Waals surface area contributed by atoms with Crippen molar-refractivity contribution in [3.05, 3.63) is 22.4 Å². The SMILES string of the molecule is C[Si](C)(C)Oc1cc(F)c(Br)cc1N. The van der Waals surface area contributed by atoms with Gasteiger partial charge in [-0.2, -0.15) is 0 Å². The molecule has 1 aromatic carbocycles. The van der Waals surface area contributed by atoms with E-state index in [1.54, 1.807) is 0 Å². The van der Waals surface area contributed by atoms with E-state index in [0.717, 1.165) is 0 Å². The number of benzene rings is 1. The van der Waals surface area contributed by atoms with Crippen LogP contribution in [0.15, 0.2) is 16.6 Å². The van der Waals surface area contributed by atoms with Crippen LogP contribution in [0.5, 0.6) is 5.75 Å². The van der Waals surface area contributed by atoms with Gasteiger partial charge in [-0.25, -0.2) is 4.39 Å². The van der Waals surface area contributed by atoms with Crippen molar-refractivity contribution in [1.82, 2.24) is 0 Å². The number of nitrogen functional groups attached to an aromatic ring is 1. The Balaban J connectivity index is 3.04. The maximum Gasteiger partial charge on any atom is 0.242 e. The summed E-state index contributed by atoms with van der Waals surface area (Å²) in [5, 5.41) is 0. The van der Waals surface area contributed by atoms with Crippen molar-refractivity contribution in [2.75, 3.05) is 5.73 Å². The van der Waals surface area contributed by atoms with Gasteiger partial charge < -0.3 is 10.2 Å². The molecule has 0 saturated carbocycles. The fourth-order valence-corrected chi connectivity index (χ4v) is 2.16. The molecule has 0 aliphatic carbocycles. The first kappa shape index (κ1) is 11.5. The van der Waals surface area contributed by atoms with Gasteiger partial charge in [0.25, 0.3) is 0 Å². The standard InChI is InChI=1S/C9H13BrFNOSi/c1-14(2,3)13-9-5-7(11)6(10)4-8(9)12/h4-5H,12H2,1-3H3. The molecule has 1 rings (SSSR count). The Bertz CT molecular complexity index is 351. The van der Waals surface area contributed by atoms with E-state index in [0.29, 0.717) is 15.9 Å². The summed E-state index contributed by atoms with van der Waals surface area (Å²) < 4.78 is 19.1. The van der Waals surface area contributed by atoms with Gasteiger partial charge in [0.1, 0.15) is 11.6 Å². The second kappa shape index (κ2) is 3.90. The van der Waals surface area contributed by atoms with E-state index in [2.05, 4.69) is 15.9 Å². The minimum absolute atomic E-state index is 0.354. The second-order valence-corrected chi connectivity index (χ2v) is 9.30. The molecule has 0 spiro atoms. The zero-order valence-corrected chi connectivity index (χ0v) is 11.0. The molecular formula is C9H13BrFNOSi. The van der Waals surface area contributed by atoms with E-state index < -0.39 is 8.32 Å². The number of hydrogen-bond donors (Lipinski definition) is 1. The summed E-state index contributed by atoms with van der Waals surface area (Å²) in [6.45, 7) is 6.06. The van der Waals surface area contributed by atoms with Gasteiger partial charge in [0.15, 0.2) is 0 Å². The fourth-order valence-electron chi connectivity index (χ4n) is 0.962. The number of rotatable bonds is 2. The molecule has 0 aromatic heterocycles. The van der Waals surface area contributed by atoms with Gasteiger partial charge in [-0.15, -0.1) is 0 Å². The van der Waals surface area contributed by atoms with Gasteiger partial charge in [0, 0.05) is 6.07 Å². The minimum Gasteiger partial charge on any atom is -0.543 e. The third-order valence-corrected chi connectivity index (χ3v) is 2.91. The lowest BCUT2D eigenvalue weighted by Gasteiger charge is -2.20. The molecule has 0 bridgehead atoms. The molecule has 0 radical (unpaired) electrons. The van der Waals surface area contributed by atoms with Crippen LogP contribution < -0.4 is 10.2 Å².